The van der Waals surface area contributed by atoms with Crippen LogP contribution in [0, 0.1) is 6.92 Å². The van der Waals surface area contributed by atoms with E-state index in [0.717, 1.165) is 24.8 Å². The fourth-order valence-electron chi connectivity index (χ4n) is 7.30. The van der Waals surface area contributed by atoms with Gasteiger partial charge >= 0.3 is 12.2 Å². The first kappa shape index (κ1) is 27.9. The van der Waals surface area contributed by atoms with E-state index < -0.39 is 17.9 Å². The molecule has 1 N–H and O–H groups in total. The highest BCUT2D eigenvalue weighted by Crippen LogP contribution is 2.48. The summed E-state index contributed by atoms with van der Waals surface area (Å²) >= 11 is 1.27. The molecule has 7 heterocycles. The minimum absolute atomic E-state index is 0.0156. The van der Waals surface area contributed by atoms with Gasteiger partial charge in [-0.25, -0.2) is 4.39 Å². The smallest absolute Gasteiger partial charge is 0.417 e. The molecule has 8 rings (SSSR count). The van der Waals surface area contributed by atoms with Crippen LogP contribution in [-0.4, -0.2) is 87.8 Å². The number of aromatic nitrogens is 5. The first-order chi connectivity index (χ1) is 21.2. The third-order valence-electron chi connectivity index (χ3n) is 9.21. The summed E-state index contributed by atoms with van der Waals surface area (Å²) in [6, 6.07) is 3.44. The summed E-state index contributed by atoms with van der Waals surface area (Å²) in [5, 5.41) is 8.64. The van der Waals surface area contributed by atoms with Gasteiger partial charge in [-0.3, -0.25) is 15.0 Å². The number of morpholine rings is 1. The molecule has 3 saturated heterocycles. The summed E-state index contributed by atoms with van der Waals surface area (Å²) in [5.41, 5.74) is -0.338. The van der Waals surface area contributed by atoms with Crippen molar-refractivity contribution in [1.82, 2.24) is 30.0 Å². The van der Waals surface area contributed by atoms with Crippen molar-refractivity contribution in [2.45, 2.75) is 44.1 Å². The van der Waals surface area contributed by atoms with Gasteiger partial charge in [-0.15, -0.1) is 11.3 Å². The molecule has 9 nitrogen and oxygen atoms in total. The molecule has 0 saturated carbocycles. The highest BCUT2D eigenvalue weighted by atomic mass is 32.1. The molecule has 14 heteroatoms. The zero-order valence-corrected chi connectivity index (χ0v) is 24.7. The van der Waals surface area contributed by atoms with Crippen LogP contribution >= 0.6 is 11.3 Å². The highest BCUT2D eigenvalue weighted by Gasteiger charge is 2.49. The third kappa shape index (κ3) is 4.40. The van der Waals surface area contributed by atoms with Gasteiger partial charge in [-0.2, -0.15) is 28.2 Å². The van der Waals surface area contributed by atoms with E-state index in [9.17, 15) is 17.6 Å². The van der Waals surface area contributed by atoms with Gasteiger partial charge in [0.25, 0.3) is 0 Å². The topological polar surface area (TPSA) is 92.3 Å². The summed E-state index contributed by atoms with van der Waals surface area (Å²) < 4.78 is 70.6. The van der Waals surface area contributed by atoms with Gasteiger partial charge in [0, 0.05) is 48.6 Å². The lowest BCUT2D eigenvalue weighted by atomic mass is 9.94. The van der Waals surface area contributed by atoms with Gasteiger partial charge in [0.2, 0.25) is 0 Å². The van der Waals surface area contributed by atoms with E-state index in [1.54, 1.807) is 6.07 Å². The molecule has 4 aromatic heterocycles. The Hall–Kier alpha value is -3.62. The zero-order valence-electron chi connectivity index (χ0n) is 23.9. The maximum Gasteiger partial charge on any atom is 0.417 e. The quantitative estimate of drug-likeness (QED) is 0.241. The van der Waals surface area contributed by atoms with E-state index in [-0.39, 0.29) is 35.0 Å². The molecular weight excluding hydrogens is 598 g/mol. The number of aryl methyl sites for hydroxylation is 1. The van der Waals surface area contributed by atoms with Gasteiger partial charge < -0.3 is 14.4 Å². The first-order valence-electron chi connectivity index (χ1n) is 14.7. The van der Waals surface area contributed by atoms with Crippen LogP contribution in [0.1, 0.15) is 30.4 Å². The maximum absolute atomic E-state index is 14.6. The second-order valence-electron chi connectivity index (χ2n) is 11.9. The van der Waals surface area contributed by atoms with E-state index in [4.69, 9.17) is 19.4 Å². The number of thiophene rings is 1. The van der Waals surface area contributed by atoms with Gasteiger partial charge in [0.15, 0.2) is 0 Å². The largest absolute Gasteiger partial charge is 0.461 e. The van der Waals surface area contributed by atoms with Crippen LogP contribution in [0.2, 0.25) is 0 Å². The SMILES string of the molecule is Cc1cc2[nH]ncc2c(-c2nccc3c2sc2nc(OC[C@@]45CCCN4C[C@H](F)C5)nc(N4CCOCC4)c23)c1C(F)(F)F. The van der Waals surface area contributed by atoms with Gasteiger partial charge in [0.1, 0.15) is 23.4 Å². The molecule has 0 aliphatic carbocycles. The predicted molar refractivity (Wildman–Crippen MR) is 159 cm³/mol. The summed E-state index contributed by atoms with van der Waals surface area (Å²) in [7, 11) is 0. The average molecular weight is 628 g/mol. The summed E-state index contributed by atoms with van der Waals surface area (Å²) in [5.74, 6) is 0.640. The first-order valence-corrected chi connectivity index (χ1v) is 15.5. The average Bonchev–Trinajstić information content (AvgIpc) is 3.76. The van der Waals surface area contributed by atoms with E-state index in [2.05, 4.69) is 25.0 Å². The van der Waals surface area contributed by atoms with Gasteiger partial charge in [0.05, 0.1) is 51.8 Å². The number of fused-ring (bicyclic) bond motifs is 5. The number of nitrogens with one attached hydrogen (secondary N) is 1. The molecule has 0 spiro atoms. The number of rotatable bonds is 5. The fourth-order valence-corrected chi connectivity index (χ4v) is 8.45. The number of benzene rings is 1. The van der Waals surface area contributed by atoms with E-state index >= 15 is 0 Å². The molecule has 0 amide bonds. The third-order valence-corrected chi connectivity index (χ3v) is 10.3. The minimum Gasteiger partial charge on any atom is -0.461 e. The normalized spacial score (nSPS) is 22.9. The van der Waals surface area contributed by atoms with Crippen molar-refractivity contribution in [1.29, 1.82) is 0 Å². The number of aromatic amines is 1. The molecule has 3 aliphatic heterocycles. The second kappa shape index (κ2) is 10.2. The van der Waals surface area contributed by atoms with Gasteiger partial charge in [-0.05, 0) is 44.0 Å². The molecule has 2 atom stereocenters. The molecule has 3 fully saturated rings. The number of ether oxygens (including phenoxy) is 2. The number of alkyl halides is 4. The summed E-state index contributed by atoms with van der Waals surface area (Å²) in [6.07, 6.45) is -0.290. The molecule has 0 bridgehead atoms. The maximum atomic E-state index is 14.6. The van der Waals surface area contributed by atoms with E-state index in [1.165, 1.54) is 36.7 Å². The summed E-state index contributed by atoms with van der Waals surface area (Å²) in [6.45, 7) is 5.20. The lowest BCUT2D eigenvalue weighted by Crippen LogP contribution is -2.43. The minimum atomic E-state index is -4.61. The number of hydrogen-bond acceptors (Lipinski definition) is 9. The Morgan fingerprint density at radius 1 is 1.18 bits per heavy atom. The Morgan fingerprint density at radius 3 is 2.84 bits per heavy atom. The lowest BCUT2D eigenvalue weighted by molar-refractivity contribution is -0.137. The van der Waals surface area contributed by atoms with Crippen molar-refractivity contribution in [3.05, 3.63) is 35.7 Å². The molecule has 5 aromatic rings. The van der Waals surface area contributed by atoms with Crippen LogP contribution in [0.15, 0.2) is 24.5 Å². The standard InChI is InChI=1S/C30H29F4N7O2S/c1-16-11-20-19(13-36-39-20)21(23(16)30(32,33)34)24-25-18(3-5-35-24)22-26(40-7-9-42-10-8-40)37-28(38-27(22)44-25)43-15-29-4-2-6-41(29)14-17(31)12-29/h3,5,11,13,17H,2,4,6-10,12,14-15H2,1H3,(H,36,39)/t17-,29+/m1/s1. The zero-order chi connectivity index (χ0) is 30.2. The Kier molecular flexibility index (Phi) is 6.47. The Morgan fingerprint density at radius 2 is 2.02 bits per heavy atom. The van der Waals surface area contributed by atoms with E-state index in [0.29, 0.717) is 70.9 Å². The van der Waals surface area contributed by atoms with Crippen LogP contribution in [0.4, 0.5) is 23.4 Å². The van der Waals surface area contributed by atoms with Crippen LogP contribution in [-0.2, 0) is 10.9 Å². The number of H-pyrrole nitrogens is 1. The van der Waals surface area contributed by atoms with Crippen molar-refractivity contribution < 1.29 is 27.0 Å². The lowest BCUT2D eigenvalue weighted by Gasteiger charge is -2.31. The molecule has 0 unspecified atom stereocenters. The molecule has 230 valence electrons. The van der Waals surface area contributed by atoms with Gasteiger partial charge in [-0.1, -0.05) is 0 Å². The Bertz CT molecular complexity index is 1900. The monoisotopic (exact) mass is 627 g/mol. The molecule has 0 radical (unpaired) electrons. The molecule has 44 heavy (non-hydrogen) atoms. The van der Waals surface area contributed by atoms with Crippen molar-refractivity contribution in [3.63, 3.8) is 0 Å². The van der Waals surface area contributed by atoms with Crippen molar-refractivity contribution in [2.24, 2.45) is 0 Å². The van der Waals surface area contributed by atoms with Crippen LogP contribution in [0.3, 0.4) is 0 Å². The van der Waals surface area contributed by atoms with E-state index in [1.807, 2.05) is 0 Å². The van der Waals surface area contributed by atoms with Crippen molar-refractivity contribution >= 4 is 48.4 Å². The number of nitrogens with zero attached hydrogens (tertiary/aromatic N) is 6. The van der Waals surface area contributed by atoms with Crippen molar-refractivity contribution in [3.8, 4) is 17.3 Å². The molecule has 1 aromatic carbocycles. The number of anilines is 1. The Balaban J connectivity index is 1.31. The molecular formula is C30H29F4N7O2S. The number of halogens is 4. The predicted octanol–water partition coefficient (Wildman–Crippen LogP) is 5.90. The van der Waals surface area contributed by atoms with Crippen LogP contribution in [0.5, 0.6) is 6.01 Å². The van der Waals surface area contributed by atoms with Crippen molar-refractivity contribution in [2.75, 3.05) is 50.9 Å². The van der Waals surface area contributed by atoms with Crippen LogP contribution in [0.25, 0.3) is 42.5 Å². The van der Waals surface area contributed by atoms with Crippen LogP contribution < -0.4 is 9.64 Å². The second-order valence-corrected chi connectivity index (χ2v) is 12.9. The Labute approximate surface area is 253 Å². The summed E-state index contributed by atoms with van der Waals surface area (Å²) in [4.78, 5) is 19.0. The number of hydrogen-bond donors (Lipinski definition) is 1. The number of pyridine rings is 1. The highest BCUT2D eigenvalue weighted by molar-refractivity contribution is 7.26. The fraction of sp³-hybridized carbons (Fsp3) is 0.467. The molecule has 3 aliphatic rings.